The highest BCUT2D eigenvalue weighted by molar-refractivity contribution is 9.10. The zero-order valence-corrected chi connectivity index (χ0v) is 20.4. The quantitative estimate of drug-likeness (QED) is 0.203. The zero-order chi connectivity index (χ0) is 23.4. The van der Waals surface area contributed by atoms with E-state index >= 15 is 0 Å². The number of rotatable bonds is 7. The highest BCUT2D eigenvalue weighted by Gasteiger charge is 2.14. The second-order valence-electron chi connectivity index (χ2n) is 6.90. The van der Waals surface area contributed by atoms with Crippen LogP contribution in [0.5, 0.6) is 11.5 Å². The van der Waals surface area contributed by atoms with E-state index < -0.39 is 5.91 Å². The molecule has 0 saturated carbocycles. The van der Waals surface area contributed by atoms with Gasteiger partial charge in [-0.25, -0.2) is 5.43 Å². The SMILES string of the molecule is COc1cccc2cc(C(=O)N/N=C\c3ccc(OCc4ccc(Cl)cc4Cl)c(Br)c3)oc12. The maximum Gasteiger partial charge on any atom is 0.307 e. The predicted molar refractivity (Wildman–Crippen MR) is 133 cm³/mol. The number of para-hydroxylation sites is 1. The monoisotopic (exact) mass is 546 g/mol. The summed E-state index contributed by atoms with van der Waals surface area (Å²) in [6.45, 7) is 0.292. The Balaban J connectivity index is 1.38. The van der Waals surface area contributed by atoms with Crippen molar-refractivity contribution in [3.63, 3.8) is 0 Å². The summed E-state index contributed by atoms with van der Waals surface area (Å²) in [6, 6.07) is 17.7. The van der Waals surface area contributed by atoms with Crippen molar-refractivity contribution < 1.29 is 18.7 Å². The summed E-state index contributed by atoms with van der Waals surface area (Å²) in [5.41, 5.74) is 4.55. The molecule has 0 bridgehead atoms. The molecule has 33 heavy (non-hydrogen) atoms. The number of furan rings is 1. The van der Waals surface area contributed by atoms with Crippen LogP contribution >= 0.6 is 39.1 Å². The van der Waals surface area contributed by atoms with Crippen LogP contribution in [0.15, 0.2) is 74.7 Å². The van der Waals surface area contributed by atoms with Crippen molar-refractivity contribution in [1.82, 2.24) is 5.43 Å². The molecule has 9 heteroatoms. The third kappa shape index (κ3) is 5.50. The van der Waals surface area contributed by atoms with Crippen LogP contribution in [-0.4, -0.2) is 19.2 Å². The number of nitrogens with one attached hydrogen (secondary N) is 1. The van der Waals surface area contributed by atoms with E-state index in [0.717, 1.165) is 21.0 Å². The molecule has 1 N–H and O–H groups in total. The molecular formula is C24H17BrCl2N2O4. The van der Waals surface area contributed by atoms with Crippen LogP contribution in [0.2, 0.25) is 10.0 Å². The van der Waals surface area contributed by atoms with Crippen molar-refractivity contribution >= 4 is 62.2 Å². The minimum absolute atomic E-state index is 0.137. The van der Waals surface area contributed by atoms with E-state index in [-0.39, 0.29) is 5.76 Å². The van der Waals surface area contributed by atoms with Crippen molar-refractivity contribution in [1.29, 1.82) is 0 Å². The molecule has 0 aliphatic heterocycles. The number of nitrogens with zero attached hydrogens (tertiary/aromatic N) is 1. The molecule has 4 rings (SSSR count). The van der Waals surface area contributed by atoms with E-state index in [1.807, 2.05) is 30.3 Å². The Kier molecular flexibility index (Phi) is 7.23. The number of methoxy groups -OCH3 is 1. The number of fused-ring (bicyclic) bond motifs is 1. The average Bonchev–Trinajstić information content (AvgIpc) is 3.24. The number of hydrogen-bond acceptors (Lipinski definition) is 5. The van der Waals surface area contributed by atoms with Crippen LogP contribution < -0.4 is 14.9 Å². The van der Waals surface area contributed by atoms with Crippen LogP contribution in [0.4, 0.5) is 0 Å². The van der Waals surface area contributed by atoms with Gasteiger partial charge in [-0.2, -0.15) is 5.10 Å². The van der Waals surface area contributed by atoms with Crippen LogP contribution in [-0.2, 0) is 6.61 Å². The Morgan fingerprint density at radius 2 is 1.97 bits per heavy atom. The van der Waals surface area contributed by atoms with Crippen molar-refractivity contribution in [2.45, 2.75) is 6.61 Å². The summed E-state index contributed by atoms with van der Waals surface area (Å²) in [5.74, 6) is 0.861. The van der Waals surface area contributed by atoms with Gasteiger partial charge in [0.15, 0.2) is 17.1 Å². The van der Waals surface area contributed by atoms with E-state index in [9.17, 15) is 4.79 Å². The summed E-state index contributed by atoms with van der Waals surface area (Å²) in [7, 11) is 1.54. The fraction of sp³-hybridized carbons (Fsp3) is 0.0833. The number of carbonyl (C=O) groups excluding carboxylic acids is 1. The molecule has 0 aliphatic rings. The molecule has 1 heterocycles. The highest BCUT2D eigenvalue weighted by Crippen LogP contribution is 2.29. The molecule has 0 radical (unpaired) electrons. The first-order chi connectivity index (χ1) is 15.9. The van der Waals surface area contributed by atoms with E-state index in [1.165, 1.54) is 6.21 Å². The maximum absolute atomic E-state index is 12.4. The van der Waals surface area contributed by atoms with Crippen molar-refractivity contribution in [2.75, 3.05) is 7.11 Å². The largest absolute Gasteiger partial charge is 0.493 e. The lowest BCUT2D eigenvalue weighted by atomic mass is 10.2. The fourth-order valence-corrected chi connectivity index (χ4v) is 4.01. The molecule has 168 valence electrons. The lowest BCUT2D eigenvalue weighted by Crippen LogP contribution is -2.16. The van der Waals surface area contributed by atoms with Gasteiger partial charge in [0.1, 0.15) is 12.4 Å². The van der Waals surface area contributed by atoms with Gasteiger partial charge >= 0.3 is 5.91 Å². The molecule has 1 aromatic heterocycles. The van der Waals surface area contributed by atoms with Crippen molar-refractivity contribution in [2.24, 2.45) is 5.10 Å². The smallest absolute Gasteiger partial charge is 0.307 e. The second kappa shape index (κ2) is 10.3. The maximum atomic E-state index is 12.4. The van der Waals surface area contributed by atoms with Crippen molar-refractivity contribution in [3.8, 4) is 11.5 Å². The summed E-state index contributed by atoms with van der Waals surface area (Å²) in [5, 5.41) is 5.89. The van der Waals surface area contributed by atoms with Gasteiger partial charge in [0.05, 0.1) is 17.8 Å². The summed E-state index contributed by atoms with van der Waals surface area (Å²) >= 11 is 15.6. The number of halogens is 3. The second-order valence-corrected chi connectivity index (χ2v) is 8.60. The Bertz CT molecular complexity index is 1350. The number of ether oxygens (including phenoxy) is 2. The Morgan fingerprint density at radius 3 is 2.73 bits per heavy atom. The van der Waals surface area contributed by atoms with Gasteiger partial charge in [0, 0.05) is 21.0 Å². The minimum atomic E-state index is -0.469. The Hall–Kier alpha value is -3.00. The van der Waals surface area contributed by atoms with Crippen molar-refractivity contribution in [3.05, 3.63) is 92.1 Å². The van der Waals surface area contributed by atoms with Gasteiger partial charge < -0.3 is 13.9 Å². The van der Waals surface area contributed by atoms with Gasteiger partial charge in [-0.1, -0.05) is 41.4 Å². The molecule has 3 aromatic carbocycles. The molecule has 0 fully saturated rings. The Morgan fingerprint density at radius 1 is 1.12 bits per heavy atom. The number of hydrogen-bond donors (Lipinski definition) is 1. The normalized spacial score (nSPS) is 11.2. The van der Waals surface area contributed by atoms with E-state index in [0.29, 0.717) is 33.7 Å². The number of benzene rings is 3. The molecule has 0 aliphatic carbocycles. The predicted octanol–water partition coefficient (Wildman–Crippen LogP) is 6.85. The summed E-state index contributed by atoms with van der Waals surface area (Å²) < 4.78 is 17.4. The van der Waals surface area contributed by atoms with E-state index in [2.05, 4.69) is 26.5 Å². The zero-order valence-electron chi connectivity index (χ0n) is 17.3. The van der Waals surface area contributed by atoms with Gasteiger partial charge in [-0.15, -0.1) is 0 Å². The molecule has 0 atom stereocenters. The van der Waals surface area contributed by atoms with Gasteiger partial charge in [0.2, 0.25) is 0 Å². The number of hydrazone groups is 1. The van der Waals surface area contributed by atoms with Crippen LogP contribution in [0.1, 0.15) is 21.7 Å². The van der Waals surface area contributed by atoms with Gasteiger partial charge in [-0.05, 0) is 64.0 Å². The standard InChI is InChI=1S/C24H17BrCl2N2O4/c1-31-21-4-2-3-15-10-22(33-23(15)21)24(30)29-28-12-14-5-8-20(18(25)9-14)32-13-16-6-7-17(26)11-19(16)27/h2-12H,13H2,1H3,(H,29,30)/b28-12-. The van der Waals surface area contributed by atoms with Crippen LogP contribution in [0.3, 0.4) is 0 Å². The van der Waals surface area contributed by atoms with E-state index in [4.69, 9.17) is 37.1 Å². The molecule has 1 amide bonds. The molecule has 0 spiro atoms. The lowest BCUT2D eigenvalue weighted by molar-refractivity contribution is 0.0929. The molecule has 6 nitrogen and oxygen atoms in total. The topological polar surface area (TPSA) is 73.1 Å². The first kappa shape index (κ1) is 23.2. The first-order valence-electron chi connectivity index (χ1n) is 9.71. The van der Waals surface area contributed by atoms with Gasteiger partial charge in [0.25, 0.3) is 0 Å². The lowest BCUT2D eigenvalue weighted by Gasteiger charge is -2.10. The van der Waals surface area contributed by atoms with Crippen LogP contribution in [0, 0.1) is 0 Å². The summed E-state index contributed by atoms with van der Waals surface area (Å²) in [4.78, 5) is 12.4. The minimum Gasteiger partial charge on any atom is -0.493 e. The van der Waals surface area contributed by atoms with E-state index in [1.54, 1.807) is 37.4 Å². The molecule has 0 unspecified atom stereocenters. The summed E-state index contributed by atoms with van der Waals surface area (Å²) in [6.07, 6.45) is 1.52. The third-order valence-electron chi connectivity index (χ3n) is 4.69. The molecule has 4 aromatic rings. The number of carbonyl (C=O) groups is 1. The third-order valence-corrected chi connectivity index (χ3v) is 5.89. The fourth-order valence-electron chi connectivity index (χ4n) is 3.04. The highest BCUT2D eigenvalue weighted by atomic mass is 79.9. The molecular weight excluding hydrogens is 531 g/mol. The molecule has 0 saturated heterocycles. The van der Waals surface area contributed by atoms with Gasteiger partial charge in [-0.3, -0.25) is 4.79 Å². The average molecular weight is 548 g/mol. The van der Waals surface area contributed by atoms with Crippen LogP contribution in [0.25, 0.3) is 11.0 Å². The first-order valence-corrected chi connectivity index (χ1v) is 11.3. The Labute approximate surface area is 208 Å². The number of amides is 1.